The van der Waals surface area contributed by atoms with Crippen molar-refractivity contribution in [3.8, 4) is 5.75 Å². The van der Waals surface area contributed by atoms with E-state index >= 15 is 0 Å². The molecule has 0 saturated heterocycles. The third-order valence-electron chi connectivity index (χ3n) is 3.61. The topological polar surface area (TPSA) is 125 Å². The van der Waals surface area contributed by atoms with Crippen LogP contribution in [0.3, 0.4) is 0 Å². The minimum atomic E-state index is -0.816. The molecule has 0 spiro atoms. The number of aliphatic hydroxyl groups excluding tert-OH is 1. The van der Waals surface area contributed by atoms with Gasteiger partial charge >= 0.3 is 5.97 Å². The predicted octanol–water partition coefficient (Wildman–Crippen LogP) is 0.395. The van der Waals surface area contributed by atoms with Gasteiger partial charge in [0.25, 0.3) is 0 Å². The first-order valence-corrected chi connectivity index (χ1v) is 7.00. The van der Waals surface area contributed by atoms with Crippen molar-refractivity contribution >= 4 is 5.97 Å². The van der Waals surface area contributed by atoms with Gasteiger partial charge in [-0.2, -0.15) is 0 Å². The highest BCUT2D eigenvalue weighted by Gasteiger charge is 2.38. The second-order valence-corrected chi connectivity index (χ2v) is 5.01. The fourth-order valence-electron chi connectivity index (χ4n) is 2.56. The Balaban J connectivity index is 2.30. The summed E-state index contributed by atoms with van der Waals surface area (Å²) in [7, 11) is 1.21. The van der Waals surface area contributed by atoms with E-state index in [-0.39, 0.29) is 28.7 Å². The quantitative estimate of drug-likeness (QED) is 0.775. The van der Waals surface area contributed by atoms with E-state index in [0.29, 0.717) is 5.56 Å². The molecule has 3 rings (SSSR count). The number of carbonyl (C=O) groups is 1. The maximum absolute atomic E-state index is 12.2. The second-order valence-electron chi connectivity index (χ2n) is 5.01. The first-order chi connectivity index (χ1) is 11.6. The molecule has 0 saturated carbocycles. The van der Waals surface area contributed by atoms with Gasteiger partial charge in [-0.15, -0.1) is 0 Å². The number of hydrogen-bond donors (Lipinski definition) is 2. The van der Waals surface area contributed by atoms with E-state index in [0.717, 1.165) is 6.07 Å². The maximum atomic E-state index is 12.2. The SMILES string of the molecule is COC(=O)C1=C(N)Oc2c(oc(CO)cc2=O)C1c1ccncc1. The summed E-state index contributed by atoms with van der Waals surface area (Å²) < 4.78 is 15.7. The normalized spacial score (nSPS) is 16.3. The van der Waals surface area contributed by atoms with Crippen LogP contribution in [0, 0.1) is 0 Å². The Bertz CT molecular complexity index is 872. The van der Waals surface area contributed by atoms with Crippen molar-refractivity contribution in [1.82, 2.24) is 4.98 Å². The third-order valence-corrected chi connectivity index (χ3v) is 3.61. The van der Waals surface area contributed by atoms with Gasteiger partial charge in [-0.1, -0.05) is 0 Å². The molecule has 0 bridgehead atoms. The van der Waals surface area contributed by atoms with Crippen molar-refractivity contribution in [2.75, 3.05) is 7.11 Å². The maximum Gasteiger partial charge on any atom is 0.340 e. The number of ether oxygens (including phenoxy) is 2. The van der Waals surface area contributed by atoms with E-state index in [1.54, 1.807) is 12.1 Å². The summed E-state index contributed by atoms with van der Waals surface area (Å²) in [5.74, 6) is -1.77. The number of aliphatic hydroxyl groups is 1. The van der Waals surface area contributed by atoms with E-state index in [1.165, 1.54) is 19.5 Å². The zero-order chi connectivity index (χ0) is 17.3. The Morgan fingerprint density at radius 2 is 2.12 bits per heavy atom. The van der Waals surface area contributed by atoms with Gasteiger partial charge in [0, 0.05) is 18.5 Å². The number of rotatable bonds is 3. The number of nitrogens with zero attached hydrogens (tertiary/aromatic N) is 1. The predicted molar refractivity (Wildman–Crippen MR) is 80.8 cm³/mol. The minimum absolute atomic E-state index is 0.00874. The van der Waals surface area contributed by atoms with Gasteiger partial charge in [-0.05, 0) is 17.7 Å². The monoisotopic (exact) mass is 330 g/mol. The van der Waals surface area contributed by atoms with Crippen molar-refractivity contribution in [1.29, 1.82) is 0 Å². The van der Waals surface area contributed by atoms with Crippen LogP contribution < -0.4 is 15.9 Å². The fourth-order valence-corrected chi connectivity index (χ4v) is 2.56. The molecule has 8 heteroatoms. The molecule has 0 aliphatic carbocycles. The molecule has 8 nitrogen and oxygen atoms in total. The summed E-state index contributed by atoms with van der Waals surface area (Å²) in [6.07, 6.45) is 3.06. The number of esters is 1. The molecule has 124 valence electrons. The zero-order valence-corrected chi connectivity index (χ0v) is 12.7. The van der Waals surface area contributed by atoms with E-state index in [2.05, 4.69) is 4.98 Å². The molecule has 0 fully saturated rings. The van der Waals surface area contributed by atoms with Crippen LogP contribution in [0.4, 0.5) is 0 Å². The molecule has 1 aliphatic heterocycles. The lowest BCUT2D eigenvalue weighted by Crippen LogP contribution is -2.29. The third kappa shape index (κ3) is 2.52. The van der Waals surface area contributed by atoms with Crippen LogP contribution in [0.25, 0.3) is 0 Å². The van der Waals surface area contributed by atoms with Crippen LogP contribution in [0.15, 0.2) is 51.3 Å². The molecular weight excluding hydrogens is 316 g/mol. The first-order valence-electron chi connectivity index (χ1n) is 7.00. The Morgan fingerprint density at radius 3 is 2.75 bits per heavy atom. The van der Waals surface area contributed by atoms with Gasteiger partial charge in [0.1, 0.15) is 17.9 Å². The van der Waals surface area contributed by atoms with Gasteiger partial charge in [-0.3, -0.25) is 9.78 Å². The standard InChI is InChI=1S/C16H14N2O6/c1-22-16(21)12-11(8-2-4-18-5-3-8)14-13(24-15(12)17)10(20)6-9(7-19)23-14/h2-6,11,19H,7,17H2,1H3. The first kappa shape index (κ1) is 15.8. The Morgan fingerprint density at radius 1 is 1.42 bits per heavy atom. The lowest BCUT2D eigenvalue weighted by Gasteiger charge is -2.26. The van der Waals surface area contributed by atoms with Gasteiger partial charge in [0.2, 0.25) is 17.1 Å². The molecule has 1 atom stereocenters. The van der Waals surface area contributed by atoms with Crippen molar-refractivity contribution < 1.29 is 23.8 Å². The van der Waals surface area contributed by atoms with Crippen LogP contribution in [-0.4, -0.2) is 23.2 Å². The van der Waals surface area contributed by atoms with E-state index in [9.17, 15) is 14.7 Å². The zero-order valence-electron chi connectivity index (χ0n) is 12.7. The van der Waals surface area contributed by atoms with Crippen molar-refractivity contribution in [3.05, 3.63) is 69.4 Å². The number of methoxy groups -OCH3 is 1. The second kappa shape index (κ2) is 6.17. The van der Waals surface area contributed by atoms with Crippen LogP contribution in [0.2, 0.25) is 0 Å². The number of hydrogen-bond acceptors (Lipinski definition) is 8. The van der Waals surface area contributed by atoms with Crippen molar-refractivity contribution in [2.45, 2.75) is 12.5 Å². The van der Waals surface area contributed by atoms with E-state index < -0.39 is 23.9 Å². The van der Waals surface area contributed by atoms with Gasteiger partial charge in [0.05, 0.1) is 13.0 Å². The molecule has 2 aromatic rings. The van der Waals surface area contributed by atoms with Crippen molar-refractivity contribution in [3.63, 3.8) is 0 Å². The average molecular weight is 330 g/mol. The van der Waals surface area contributed by atoms with Gasteiger partial charge in [-0.25, -0.2) is 4.79 Å². The molecule has 24 heavy (non-hydrogen) atoms. The summed E-state index contributed by atoms with van der Waals surface area (Å²) in [6, 6.07) is 4.42. The van der Waals surface area contributed by atoms with Crippen LogP contribution >= 0.6 is 0 Å². The summed E-state index contributed by atoms with van der Waals surface area (Å²) in [6.45, 7) is -0.474. The number of carbonyl (C=O) groups excluding carboxylic acids is 1. The van der Waals surface area contributed by atoms with Crippen molar-refractivity contribution in [2.24, 2.45) is 5.73 Å². The summed E-state index contributed by atoms with van der Waals surface area (Å²) >= 11 is 0. The summed E-state index contributed by atoms with van der Waals surface area (Å²) in [5, 5.41) is 9.28. The number of pyridine rings is 1. The highest BCUT2D eigenvalue weighted by Crippen LogP contribution is 2.41. The minimum Gasteiger partial charge on any atom is -0.465 e. The van der Waals surface area contributed by atoms with Gasteiger partial charge in [0.15, 0.2) is 5.76 Å². The average Bonchev–Trinajstić information content (AvgIpc) is 2.61. The Kier molecular flexibility index (Phi) is 4.05. The Labute approximate surface area is 136 Å². The molecule has 1 aliphatic rings. The highest BCUT2D eigenvalue weighted by molar-refractivity contribution is 5.92. The van der Waals surface area contributed by atoms with E-state index in [4.69, 9.17) is 19.6 Å². The summed E-state index contributed by atoms with van der Waals surface area (Å²) in [5.41, 5.74) is 5.96. The molecule has 3 heterocycles. The molecule has 1 unspecified atom stereocenters. The molecule has 0 amide bonds. The number of fused-ring (bicyclic) bond motifs is 1. The lowest BCUT2D eigenvalue weighted by molar-refractivity contribution is -0.136. The molecule has 0 aromatic carbocycles. The Hall–Kier alpha value is -3.13. The molecule has 2 aromatic heterocycles. The van der Waals surface area contributed by atoms with Crippen LogP contribution in [-0.2, 0) is 16.1 Å². The van der Waals surface area contributed by atoms with Gasteiger partial charge < -0.3 is 24.7 Å². The largest absolute Gasteiger partial charge is 0.465 e. The smallest absolute Gasteiger partial charge is 0.340 e. The molecule has 3 N–H and O–H groups in total. The van der Waals surface area contributed by atoms with Crippen LogP contribution in [0.5, 0.6) is 5.75 Å². The van der Waals surface area contributed by atoms with Crippen LogP contribution in [0.1, 0.15) is 23.0 Å². The number of nitrogens with two attached hydrogens (primary N) is 1. The summed E-state index contributed by atoms with van der Waals surface area (Å²) in [4.78, 5) is 28.3. The number of aromatic nitrogens is 1. The highest BCUT2D eigenvalue weighted by atomic mass is 16.5. The van der Waals surface area contributed by atoms with E-state index in [1.807, 2.05) is 0 Å². The lowest BCUT2D eigenvalue weighted by atomic mass is 9.87. The molecular formula is C16H14N2O6. The molecule has 0 radical (unpaired) electrons. The fraction of sp³-hybridized carbons (Fsp3) is 0.188.